The predicted octanol–water partition coefficient (Wildman–Crippen LogP) is 4.25. The van der Waals surface area contributed by atoms with Gasteiger partial charge in [0, 0.05) is 70.9 Å². The van der Waals surface area contributed by atoms with Gasteiger partial charge < -0.3 is 10.2 Å². The zero-order valence-electron chi connectivity index (χ0n) is 15.3. The summed E-state index contributed by atoms with van der Waals surface area (Å²) in [5.41, 5.74) is 1.93. The van der Waals surface area contributed by atoms with Crippen LogP contribution in [0, 0.1) is 10.1 Å². The molecule has 0 radical (unpaired) electrons. The van der Waals surface area contributed by atoms with Crippen LogP contribution in [0.3, 0.4) is 0 Å². The van der Waals surface area contributed by atoms with Gasteiger partial charge in [-0.2, -0.15) is 0 Å². The lowest BCUT2D eigenvalue weighted by Crippen LogP contribution is -2.33. The van der Waals surface area contributed by atoms with Gasteiger partial charge in [0.05, 0.1) is 4.92 Å². The summed E-state index contributed by atoms with van der Waals surface area (Å²) < 4.78 is 1.15. The summed E-state index contributed by atoms with van der Waals surface area (Å²) in [6, 6.07) is 15.0. The number of hydrogen-bond donors (Lipinski definition) is 1. The number of nitrogens with one attached hydrogen (secondary N) is 1. The summed E-state index contributed by atoms with van der Waals surface area (Å²) in [4.78, 5) is 25.2. The Morgan fingerprint density at radius 1 is 1.21 bits per heavy atom. The number of nitrogens with zero attached hydrogens (tertiary/aromatic N) is 2. The second-order valence-corrected chi connectivity index (χ2v) is 7.89. The average molecular weight is 395 g/mol. The number of non-ortho nitro benzene ring substituents is 1. The fourth-order valence-corrected chi connectivity index (χ4v) is 4.63. The van der Waals surface area contributed by atoms with Crippen molar-refractivity contribution in [2.45, 2.75) is 18.9 Å². The van der Waals surface area contributed by atoms with Crippen LogP contribution in [0.1, 0.15) is 23.2 Å². The predicted molar refractivity (Wildman–Crippen MR) is 112 cm³/mol. The fourth-order valence-electron chi connectivity index (χ4n) is 3.66. The van der Waals surface area contributed by atoms with Crippen molar-refractivity contribution in [3.63, 3.8) is 0 Å². The van der Waals surface area contributed by atoms with Gasteiger partial charge in [-0.3, -0.25) is 14.9 Å². The number of ketones is 1. The Hall–Kier alpha value is -2.77. The molecule has 1 N–H and O–H groups in total. The van der Waals surface area contributed by atoms with E-state index in [0.717, 1.165) is 40.8 Å². The summed E-state index contributed by atoms with van der Waals surface area (Å²) in [6.45, 7) is 2.40. The molecule has 7 heteroatoms. The van der Waals surface area contributed by atoms with Gasteiger partial charge in [-0.25, -0.2) is 0 Å². The maximum atomic E-state index is 12.6. The maximum absolute atomic E-state index is 12.6. The van der Waals surface area contributed by atoms with E-state index in [9.17, 15) is 14.9 Å². The van der Waals surface area contributed by atoms with Gasteiger partial charge in [0.2, 0.25) is 0 Å². The molecule has 3 aromatic rings. The number of hydrogen-bond acceptors (Lipinski definition) is 6. The molecule has 28 heavy (non-hydrogen) atoms. The minimum absolute atomic E-state index is 0.108. The largest absolute Gasteiger partial charge is 0.370 e. The Balaban J connectivity index is 1.28. The molecule has 1 saturated heterocycles. The summed E-state index contributed by atoms with van der Waals surface area (Å²) >= 11 is 1.61. The Morgan fingerprint density at radius 3 is 2.79 bits per heavy atom. The summed E-state index contributed by atoms with van der Waals surface area (Å²) in [6.07, 6.45) is 1.47. The van der Waals surface area contributed by atoms with Crippen molar-refractivity contribution in [3.8, 4) is 0 Å². The lowest BCUT2D eigenvalue weighted by atomic mass is 10.1. The normalized spacial score (nSPS) is 16.6. The van der Waals surface area contributed by atoms with Crippen LogP contribution in [0.15, 0.2) is 53.9 Å². The smallest absolute Gasteiger partial charge is 0.269 e. The molecular weight excluding hydrogens is 374 g/mol. The third-order valence-corrected chi connectivity index (χ3v) is 6.14. The lowest BCUT2D eigenvalue weighted by molar-refractivity contribution is -0.384. The first-order chi connectivity index (χ1) is 13.6. The van der Waals surface area contributed by atoms with Crippen LogP contribution in [-0.2, 0) is 0 Å². The van der Waals surface area contributed by atoms with E-state index >= 15 is 0 Å². The molecule has 0 spiro atoms. The number of Topliss-reactive ketones (excluding diaryl/α,β-unsaturated/α-hetero) is 1. The molecule has 1 atom stereocenters. The number of rotatable bonds is 7. The van der Waals surface area contributed by atoms with Gasteiger partial charge in [0.25, 0.3) is 5.69 Å². The van der Waals surface area contributed by atoms with Gasteiger partial charge in [-0.1, -0.05) is 18.2 Å². The maximum Gasteiger partial charge on any atom is 0.269 e. The fraction of sp³-hybridized carbons (Fsp3) is 0.286. The average Bonchev–Trinajstić information content (AvgIpc) is 3.35. The Morgan fingerprint density at radius 2 is 2.00 bits per heavy atom. The van der Waals surface area contributed by atoms with Crippen molar-refractivity contribution in [1.29, 1.82) is 0 Å². The highest BCUT2D eigenvalue weighted by Gasteiger charge is 2.23. The molecule has 2 heterocycles. The van der Waals surface area contributed by atoms with Crippen molar-refractivity contribution in [3.05, 3.63) is 69.6 Å². The Labute approximate surface area is 166 Å². The van der Waals surface area contributed by atoms with E-state index in [2.05, 4.69) is 10.2 Å². The van der Waals surface area contributed by atoms with Crippen molar-refractivity contribution >= 4 is 38.6 Å². The molecule has 1 fully saturated rings. The second-order valence-electron chi connectivity index (χ2n) is 6.98. The van der Waals surface area contributed by atoms with Crippen molar-refractivity contribution in [1.82, 2.24) is 5.32 Å². The molecule has 0 unspecified atom stereocenters. The zero-order chi connectivity index (χ0) is 19.5. The highest BCUT2D eigenvalue weighted by atomic mass is 32.1. The number of nitro benzene ring substituents is 1. The molecule has 0 aliphatic carbocycles. The molecule has 0 bridgehead atoms. The first-order valence-electron chi connectivity index (χ1n) is 9.34. The van der Waals surface area contributed by atoms with Crippen LogP contribution >= 0.6 is 11.3 Å². The van der Waals surface area contributed by atoms with E-state index in [0.29, 0.717) is 19.0 Å². The van der Waals surface area contributed by atoms with Crippen molar-refractivity contribution in [2.24, 2.45) is 0 Å². The Bertz CT molecular complexity index is 1000. The molecule has 6 nitrogen and oxygen atoms in total. The quantitative estimate of drug-likeness (QED) is 0.368. The lowest BCUT2D eigenvalue weighted by Gasteiger charge is -2.19. The van der Waals surface area contributed by atoms with Crippen molar-refractivity contribution < 1.29 is 9.72 Å². The molecule has 0 saturated carbocycles. The zero-order valence-corrected chi connectivity index (χ0v) is 16.2. The summed E-state index contributed by atoms with van der Waals surface area (Å²) in [5.74, 6) is 0.176. The van der Waals surface area contributed by atoms with E-state index in [-0.39, 0.29) is 16.4 Å². The van der Waals surface area contributed by atoms with E-state index in [4.69, 9.17) is 0 Å². The molecule has 0 amide bonds. The van der Waals surface area contributed by atoms with Crippen LogP contribution in [0.4, 0.5) is 11.4 Å². The first kappa shape index (κ1) is 18.6. The van der Waals surface area contributed by atoms with Crippen molar-refractivity contribution in [2.75, 3.05) is 24.5 Å². The molecule has 144 valence electrons. The number of anilines is 1. The standard InChI is InChI=1S/C21H21N3O3S/c25-20(19-14-28-21-4-2-1-3-18(19)21)9-11-22-15-10-12-23(13-15)16-5-7-17(8-6-16)24(26)27/h1-8,14-15,22H,9-13H2/t15-/m1/s1. The summed E-state index contributed by atoms with van der Waals surface area (Å²) in [7, 11) is 0. The monoisotopic (exact) mass is 395 g/mol. The number of carbonyl (C=O) groups is 1. The number of carbonyl (C=O) groups excluding carboxylic acids is 1. The number of fused-ring (bicyclic) bond motifs is 1. The minimum atomic E-state index is -0.383. The molecule has 1 aliphatic heterocycles. The minimum Gasteiger partial charge on any atom is -0.370 e. The molecule has 2 aromatic carbocycles. The van der Waals surface area contributed by atoms with E-state index in [1.807, 2.05) is 29.6 Å². The Kier molecular flexibility index (Phi) is 5.36. The van der Waals surface area contributed by atoms with Gasteiger partial charge >= 0.3 is 0 Å². The SMILES string of the molecule is O=C(CCN[C@@H]1CCN(c2ccc([N+](=O)[O-])cc2)C1)c1csc2ccccc12. The summed E-state index contributed by atoms with van der Waals surface area (Å²) in [5, 5.41) is 17.3. The second kappa shape index (κ2) is 8.08. The van der Waals surface area contributed by atoms with E-state index < -0.39 is 0 Å². The highest BCUT2D eigenvalue weighted by Crippen LogP contribution is 2.27. The first-order valence-corrected chi connectivity index (χ1v) is 10.2. The third kappa shape index (κ3) is 3.90. The van der Waals surface area contributed by atoms with Gasteiger partial charge in [-0.15, -0.1) is 11.3 Å². The molecule has 1 aromatic heterocycles. The number of benzene rings is 2. The number of nitro groups is 1. The van der Waals surface area contributed by atoms with Gasteiger partial charge in [0.15, 0.2) is 5.78 Å². The van der Waals surface area contributed by atoms with Crippen LogP contribution in [0.5, 0.6) is 0 Å². The van der Waals surface area contributed by atoms with Gasteiger partial charge in [0.1, 0.15) is 0 Å². The molecule has 4 rings (SSSR count). The molecular formula is C21H21N3O3S. The highest BCUT2D eigenvalue weighted by molar-refractivity contribution is 7.17. The van der Waals surface area contributed by atoms with Crippen LogP contribution in [0.25, 0.3) is 10.1 Å². The topological polar surface area (TPSA) is 75.5 Å². The molecule has 1 aliphatic rings. The van der Waals surface area contributed by atoms with Crippen LogP contribution in [-0.4, -0.2) is 36.4 Å². The number of thiophene rings is 1. The van der Waals surface area contributed by atoms with Gasteiger partial charge in [-0.05, 0) is 24.6 Å². The van der Waals surface area contributed by atoms with Crippen LogP contribution in [0.2, 0.25) is 0 Å². The van der Waals surface area contributed by atoms with E-state index in [1.54, 1.807) is 35.6 Å². The van der Waals surface area contributed by atoms with E-state index in [1.165, 1.54) is 0 Å². The van der Waals surface area contributed by atoms with Crippen LogP contribution < -0.4 is 10.2 Å². The third-order valence-electron chi connectivity index (χ3n) is 5.18.